The number of cyclic esters (lactones) is 1. The van der Waals surface area contributed by atoms with Crippen LogP contribution in [0.4, 0.5) is 10.5 Å². The number of nitrogens with zero attached hydrogens (tertiary/aromatic N) is 3. The predicted octanol–water partition coefficient (Wildman–Crippen LogP) is 1.31. The van der Waals surface area contributed by atoms with Crippen molar-refractivity contribution in [2.75, 3.05) is 18.1 Å². The maximum Gasteiger partial charge on any atom is 0.415 e. The van der Waals surface area contributed by atoms with E-state index < -0.39 is 12.2 Å². The lowest BCUT2D eigenvalue weighted by Gasteiger charge is -2.31. The fourth-order valence-corrected chi connectivity index (χ4v) is 3.20. The second-order valence-corrected chi connectivity index (χ2v) is 6.19. The second-order valence-electron chi connectivity index (χ2n) is 6.19. The summed E-state index contributed by atoms with van der Waals surface area (Å²) < 4.78 is 13.0. The van der Waals surface area contributed by atoms with Crippen molar-refractivity contribution in [3.63, 3.8) is 0 Å². The summed E-state index contributed by atoms with van der Waals surface area (Å²) >= 11 is 0. The first kappa shape index (κ1) is 15.5. The van der Waals surface area contributed by atoms with Crippen LogP contribution >= 0.6 is 0 Å². The van der Waals surface area contributed by atoms with Crippen LogP contribution in [0.3, 0.4) is 0 Å². The van der Waals surface area contributed by atoms with Crippen molar-refractivity contribution in [3.05, 3.63) is 30.6 Å². The Morgan fingerprint density at radius 2 is 2.24 bits per heavy atom. The number of fused-ring (bicyclic) bond motifs is 3. The van der Waals surface area contributed by atoms with Crippen molar-refractivity contribution in [2.45, 2.75) is 19.1 Å². The number of benzene rings is 1. The van der Waals surface area contributed by atoms with Crippen molar-refractivity contribution in [2.24, 2.45) is 7.05 Å². The highest BCUT2D eigenvalue weighted by Gasteiger charge is 2.46. The minimum atomic E-state index is -0.428. The number of rotatable bonds is 3. The maximum absolute atomic E-state index is 12.3. The number of hydrogen-bond donors (Lipinski definition) is 1. The number of anilines is 1. The number of aromatic nitrogens is 2. The lowest BCUT2D eigenvalue weighted by Crippen LogP contribution is -2.47. The Morgan fingerprint density at radius 1 is 1.40 bits per heavy atom. The van der Waals surface area contributed by atoms with Crippen molar-refractivity contribution >= 4 is 17.7 Å². The van der Waals surface area contributed by atoms with Crippen LogP contribution in [0.25, 0.3) is 11.1 Å². The van der Waals surface area contributed by atoms with Gasteiger partial charge < -0.3 is 14.8 Å². The summed E-state index contributed by atoms with van der Waals surface area (Å²) in [4.78, 5) is 25.0. The van der Waals surface area contributed by atoms with E-state index in [1.54, 1.807) is 15.8 Å². The molecule has 1 aromatic carbocycles. The summed E-state index contributed by atoms with van der Waals surface area (Å²) in [5, 5.41) is 6.86. The molecule has 0 radical (unpaired) electrons. The third kappa shape index (κ3) is 2.69. The molecule has 1 N–H and O–H groups in total. The summed E-state index contributed by atoms with van der Waals surface area (Å²) in [5.41, 5.74) is 2.62. The molecule has 1 fully saturated rings. The Balaban J connectivity index is 1.61. The molecule has 2 aliphatic rings. The van der Waals surface area contributed by atoms with Crippen molar-refractivity contribution in [1.29, 1.82) is 0 Å². The number of ether oxygens (including phenoxy) is 2. The molecule has 2 aliphatic heterocycles. The lowest BCUT2D eigenvalue weighted by molar-refractivity contribution is -0.119. The van der Waals surface area contributed by atoms with Gasteiger partial charge in [0.25, 0.3) is 0 Å². The second kappa shape index (κ2) is 5.80. The van der Waals surface area contributed by atoms with E-state index in [1.807, 2.05) is 31.4 Å². The molecular weight excluding hydrogens is 324 g/mol. The molecule has 2 atom stereocenters. The fourth-order valence-electron chi connectivity index (χ4n) is 3.20. The molecule has 0 spiro atoms. The molecule has 1 aromatic heterocycles. The Labute approximate surface area is 144 Å². The molecule has 0 unspecified atom stereocenters. The minimum Gasteiger partial charge on any atom is -0.489 e. The smallest absolute Gasteiger partial charge is 0.415 e. The van der Waals surface area contributed by atoms with Gasteiger partial charge in [-0.15, -0.1) is 0 Å². The van der Waals surface area contributed by atoms with E-state index in [9.17, 15) is 9.59 Å². The molecule has 25 heavy (non-hydrogen) atoms. The Hall–Kier alpha value is -3.03. The number of nitrogens with one attached hydrogen (secondary N) is 1. The number of amides is 2. The zero-order chi connectivity index (χ0) is 17.6. The SMILES string of the molecule is CC(=O)NC[C@@H]1OC(=O)N2c3ccc(-c4cnn(C)c4)cc3OC[C@@H]12. The number of hydrogen-bond acceptors (Lipinski definition) is 5. The fraction of sp³-hybridized carbons (Fsp3) is 0.353. The van der Waals surface area contributed by atoms with Gasteiger partial charge in [0.1, 0.15) is 24.5 Å². The van der Waals surface area contributed by atoms with Crippen LogP contribution in [-0.4, -0.2) is 47.1 Å². The van der Waals surface area contributed by atoms with Crippen LogP contribution < -0.4 is 15.0 Å². The molecular formula is C17H18N4O4. The molecule has 1 saturated heterocycles. The monoisotopic (exact) mass is 342 g/mol. The summed E-state index contributed by atoms with van der Waals surface area (Å²) in [5.74, 6) is 0.475. The molecule has 2 aromatic rings. The number of carbonyl (C=O) groups excluding carboxylic acids is 2. The first-order valence-electron chi connectivity index (χ1n) is 8.03. The molecule has 3 heterocycles. The molecule has 130 valence electrons. The van der Waals surface area contributed by atoms with E-state index in [0.717, 1.165) is 11.1 Å². The van der Waals surface area contributed by atoms with Gasteiger partial charge in [0.15, 0.2) is 0 Å². The Morgan fingerprint density at radius 3 is 2.96 bits per heavy atom. The zero-order valence-corrected chi connectivity index (χ0v) is 13.9. The molecule has 2 amide bonds. The maximum atomic E-state index is 12.3. The van der Waals surface area contributed by atoms with Crippen molar-refractivity contribution in [3.8, 4) is 16.9 Å². The van der Waals surface area contributed by atoms with Crippen LogP contribution in [0.1, 0.15) is 6.92 Å². The normalized spacial score (nSPS) is 21.2. The van der Waals surface area contributed by atoms with E-state index >= 15 is 0 Å². The standard InChI is InChI=1S/C17H18N4O4/c1-10(22)18-7-16-14-9-24-15-5-11(12-6-19-20(2)8-12)3-4-13(15)21(14)17(23)25-16/h3-6,8,14,16H,7,9H2,1-2H3,(H,18,22)/t14-,16-/m0/s1. The van der Waals surface area contributed by atoms with E-state index in [0.29, 0.717) is 18.0 Å². The largest absolute Gasteiger partial charge is 0.489 e. The third-order valence-corrected chi connectivity index (χ3v) is 4.43. The van der Waals surface area contributed by atoms with Gasteiger partial charge in [-0.1, -0.05) is 6.07 Å². The minimum absolute atomic E-state index is 0.160. The zero-order valence-electron chi connectivity index (χ0n) is 13.9. The van der Waals surface area contributed by atoms with E-state index in [-0.39, 0.29) is 18.5 Å². The van der Waals surface area contributed by atoms with Gasteiger partial charge in [-0.2, -0.15) is 5.10 Å². The Kier molecular flexibility index (Phi) is 3.60. The van der Waals surface area contributed by atoms with Crippen molar-refractivity contribution < 1.29 is 19.1 Å². The van der Waals surface area contributed by atoms with Crippen LogP contribution in [0, 0.1) is 0 Å². The van der Waals surface area contributed by atoms with Crippen LogP contribution in [-0.2, 0) is 16.6 Å². The van der Waals surface area contributed by atoms with Crippen molar-refractivity contribution in [1.82, 2.24) is 15.1 Å². The summed E-state index contributed by atoms with van der Waals surface area (Å²) in [7, 11) is 1.86. The Bertz CT molecular complexity index is 847. The molecule has 8 nitrogen and oxygen atoms in total. The highest BCUT2D eigenvalue weighted by Crippen LogP contribution is 2.40. The lowest BCUT2D eigenvalue weighted by atomic mass is 10.0. The van der Waals surface area contributed by atoms with Gasteiger partial charge in [0.05, 0.1) is 18.4 Å². The summed E-state index contributed by atoms with van der Waals surface area (Å²) in [6.45, 7) is 2.02. The predicted molar refractivity (Wildman–Crippen MR) is 89.4 cm³/mol. The van der Waals surface area contributed by atoms with Gasteiger partial charge >= 0.3 is 6.09 Å². The highest BCUT2D eigenvalue weighted by atomic mass is 16.6. The molecule has 0 aliphatic carbocycles. The molecule has 0 saturated carbocycles. The van der Waals surface area contributed by atoms with Crippen LogP contribution in [0.5, 0.6) is 5.75 Å². The highest BCUT2D eigenvalue weighted by molar-refractivity contribution is 5.94. The van der Waals surface area contributed by atoms with E-state index in [2.05, 4.69) is 10.4 Å². The molecule has 8 heteroatoms. The average molecular weight is 342 g/mol. The number of aryl methyl sites for hydroxylation is 1. The summed E-state index contributed by atoms with van der Waals surface area (Å²) in [6.07, 6.45) is 2.85. The van der Waals surface area contributed by atoms with E-state index in [4.69, 9.17) is 9.47 Å². The topological polar surface area (TPSA) is 85.7 Å². The quantitative estimate of drug-likeness (QED) is 0.909. The number of carbonyl (C=O) groups is 2. The van der Waals surface area contributed by atoms with Crippen LogP contribution in [0.15, 0.2) is 30.6 Å². The molecule has 0 bridgehead atoms. The van der Waals surface area contributed by atoms with Gasteiger partial charge in [-0.05, 0) is 17.7 Å². The van der Waals surface area contributed by atoms with Gasteiger partial charge in [-0.25, -0.2) is 4.79 Å². The first-order chi connectivity index (χ1) is 12.0. The third-order valence-electron chi connectivity index (χ3n) is 4.43. The first-order valence-corrected chi connectivity index (χ1v) is 8.03. The summed E-state index contributed by atoms with van der Waals surface area (Å²) in [6, 6.07) is 5.43. The average Bonchev–Trinajstić information content (AvgIpc) is 3.16. The van der Waals surface area contributed by atoms with E-state index in [1.165, 1.54) is 6.92 Å². The van der Waals surface area contributed by atoms with Gasteiger partial charge in [0, 0.05) is 25.7 Å². The van der Waals surface area contributed by atoms with Gasteiger partial charge in [0.2, 0.25) is 5.91 Å². The van der Waals surface area contributed by atoms with Crippen LogP contribution in [0.2, 0.25) is 0 Å². The molecule has 4 rings (SSSR count). The van der Waals surface area contributed by atoms with Gasteiger partial charge in [-0.3, -0.25) is 14.4 Å².